The van der Waals surface area contributed by atoms with Gasteiger partial charge < -0.3 is 15.4 Å². The third kappa shape index (κ3) is 4.37. The highest BCUT2D eigenvalue weighted by molar-refractivity contribution is 7.22. The molecular formula is C19H19N3O3S. The molecule has 3 rings (SSSR count). The Hall–Kier alpha value is -2.93. The third-order valence-electron chi connectivity index (χ3n) is 3.63. The van der Waals surface area contributed by atoms with E-state index >= 15 is 0 Å². The highest BCUT2D eigenvalue weighted by Gasteiger charge is 2.11. The highest BCUT2D eigenvalue weighted by Crippen LogP contribution is 2.26. The molecule has 0 aliphatic heterocycles. The molecule has 0 saturated heterocycles. The zero-order valence-electron chi connectivity index (χ0n) is 14.5. The zero-order valence-corrected chi connectivity index (χ0v) is 15.4. The van der Waals surface area contributed by atoms with Crippen molar-refractivity contribution in [1.29, 1.82) is 0 Å². The van der Waals surface area contributed by atoms with Gasteiger partial charge in [0.15, 0.2) is 5.13 Å². The molecule has 2 aromatic carbocycles. The number of nitrogens with zero attached hydrogens (tertiary/aromatic N) is 1. The van der Waals surface area contributed by atoms with E-state index in [4.69, 9.17) is 4.74 Å². The molecule has 0 fully saturated rings. The number of hydrogen-bond donors (Lipinski definition) is 2. The van der Waals surface area contributed by atoms with Crippen LogP contribution in [0.2, 0.25) is 0 Å². The van der Waals surface area contributed by atoms with Crippen molar-refractivity contribution >= 4 is 38.5 Å². The third-order valence-corrected chi connectivity index (χ3v) is 4.56. The molecule has 0 spiro atoms. The van der Waals surface area contributed by atoms with E-state index in [1.54, 1.807) is 24.3 Å². The van der Waals surface area contributed by atoms with Gasteiger partial charge in [0.05, 0.1) is 23.4 Å². The molecule has 3 aromatic rings. The highest BCUT2D eigenvalue weighted by atomic mass is 32.1. The summed E-state index contributed by atoms with van der Waals surface area (Å²) in [7, 11) is 0. The maximum Gasteiger partial charge on any atom is 0.251 e. The molecule has 2 amide bonds. The molecular weight excluding hydrogens is 350 g/mol. The Kier molecular flexibility index (Phi) is 5.48. The van der Waals surface area contributed by atoms with Gasteiger partial charge in [0, 0.05) is 5.56 Å². The van der Waals surface area contributed by atoms with Gasteiger partial charge >= 0.3 is 0 Å². The van der Waals surface area contributed by atoms with Crippen LogP contribution in [-0.4, -0.2) is 29.9 Å². The van der Waals surface area contributed by atoms with Gasteiger partial charge in [-0.05, 0) is 55.8 Å². The summed E-state index contributed by atoms with van der Waals surface area (Å²) in [6.45, 7) is 4.34. The fourth-order valence-electron chi connectivity index (χ4n) is 2.38. The lowest BCUT2D eigenvalue weighted by molar-refractivity contribution is -0.115. The average molecular weight is 369 g/mol. The minimum Gasteiger partial charge on any atom is -0.494 e. The maximum atomic E-state index is 12.1. The summed E-state index contributed by atoms with van der Waals surface area (Å²) in [5.41, 5.74) is 2.45. The number of aromatic nitrogens is 1. The predicted molar refractivity (Wildman–Crippen MR) is 103 cm³/mol. The van der Waals surface area contributed by atoms with Crippen LogP contribution in [0.5, 0.6) is 5.75 Å². The van der Waals surface area contributed by atoms with Gasteiger partial charge in [0.25, 0.3) is 5.91 Å². The van der Waals surface area contributed by atoms with E-state index in [1.165, 1.54) is 11.3 Å². The molecule has 0 aliphatic rings. The Morgan fingerprint density at radius 2 is 1.92 bits per heavy atom. The van der Waals surface area contributed by atoms with Gasteiger partial charge in [-0.1, -0.05) is 17.4 Å². The summed E-state index contributed by atoms with van der Waals surface area (Å²) in [5.74, 6) is 0.0658. The number of benzene rings is 2. The first-order chi connectivity index (χ1) is 12.5. The normalized spacial score (nSPS) is 10.5. The van der Waals surface area contributed by atoms with Crippen LogP contribution in [0.25, 0.3) is 10.2 Å². The SMILES string of the molecule is CCOc1ccc(C(=O)NCC(=O)Nc2nc3ccc(C)cc3s2)cc1. The van der Waals surface area contributed by atoms with Gasteiger partial charge in [-0.15, -0.1) is 0 Å². The van der Waals surface area contributed by atoms with Crippen LogP contribution in [0.3, 0.4) is 0 Å². The Labute approximate surface area is 155 Å². The molecule has 7 heteroatoms. The van der Waals surface area contributed by atoms with Crippen molar-refractivity contribution in [3.05, 3.63) is 53.6 Å². The number of amides is 2. The van der Waals surface area contributed by atoms with Gasteiger partial charge in [-0.2, -0.15) is 0 Å². The van der Waals surface area contributed by atoms with Crippen molar-refractivity contribution in [3.8, 4) is 5.75 Å². The summed E-state index contributed by atoms with van der Waals surface area (Å²) >= 11 is 1.41. The number of thiazole rings is 1. The van der Waals surface area contributed by atoms with Gasteiger partial charge in [0.1, 0.15) is 5.75 Å². The fourth-order valence-corrected chi connectivity index (χ4v) is 3.36. The summed E-state index contributed by atoms with van der Waals surface area (Å²) in [4.78, 5) is 28.5. The van der Waals surface area contributed by atoms with Crippen LogP contribution in [0.15, 0.2) is 42.5 Å². The van der Waals surface area contributed by atoms with Gasteiger partial charge in [0.2, 0.25) is 5.91 Å². The minimum absolute atomic E-state index is 0.124. The number of anilines is 1. The monoisotopic (exact) mass is 369 g/mol. The molecule has 134 valence electrons. The second-order valence-electron chi connectivity index (χ2n) is 5.68. The van der Waals surface area contributed by atoms with Gasteiger partial charge in [-0.3, -0.25) is 9.59 Å². The molecule has 2 N–H and O–H groups in total. The standard InChI is InChI=1S/C19H19N3O3S/c1-3-25-14-7-5-13(6-8-14)18(24)20-11-17(23)22-19-21-15-9-4-12(2)10-16(15)26-19/h4-10H,3,11H2,1-2H3,(H,20,24)(H,21,22,23). The van der Waals surface area contributed by atoms with Crippen LogP contribution in [-0.2, 0) is 4.79 Å². The largest absolute Gasteiger partial charge is 0.494 e. The first-order valence-corrected chi connectivity index (χ1v) is 9.05. The summed E-state index contributed by atoms with van der Waals surface area (Å²) < 4.78 is 6.35. The van der Waals surface area contributed by atoms with Crippen molar-refractivity contribution in [1.82, 2.24) is 10.3 Å². The number of hydrogen-bond acceptors (Lipinski definition) is 5. The molecule has 0 unspecified atom stereocenters. The van der Waals surface area contributed by atoms with Crippen LogP contribution in [0.1, 0.15) is 22.8 Å². The minimum atomic E-state index is -0.319. The van der Waals surface area contributed by atoms with E-state index in [0.29, 0.717) is 23.1 Å². The number of aryl methyl sites for hydroxylation is 1. The van der Waals surface area contributed by atoms with Crippen molar-refractivity contribution < 1.29 is 14.3 Å². The topological polar surface area (TPSA) is 80.3 Å². The summed E-state index contributed by atoms with van der Waals surface area (Å²) in [5, 5.41) is 5.83. The molecule has 0 radical (unpaired) electrons. The molecule has 1 aromatic heterocycles. The second kappa shape index (κ2) is 7.97. The average Bonchev–Trinajstić information content (AvgIpc) is 3.01. The molecule has 0 bridgehead atoms. The molecule has 6 nitrogen and oxygen atoms in total. The van der Waals surface area contributed by atoms with Crippen molar-refractivity contribution in [3.63, 3.8) is 0 Å². The molecule has 26 heavy (non-hydrogen) atoms. The number of fused-ring (bicyclic) bond motifs is 1. The van der Waals surface area contributed by atoms with Crippen LogP contribution in [0.4, 0.5) is 5.13 Å². The zero-order chi connectivity index (χ0) is 18.5. The van der Waals surface area contributed by atoms with Crippen LogP contribution < -0.4 is 15.4 Å². The summed E-state index contributed by atoms with van der Waals surface area (Å²) in [6, 6.07) is 12.7. The smallest absolute Gasteiger partial charge is 0.251 e. The Balaban J connectivity index is 1.54. The molecule has 1 heterocycles. The maximum absolute atomic E-state index is 12.1. The van der Waals surface area contributed by atoms with Gasteiger partial charge in [-0.25, -0.2) is 4.98 Å². The number of rotatable bonds is 6. The van der Waals surface area contributed by atoms with Crippen LogP contribution >= 0.6 is 11.3 Å². The van der Waals surface area contributed by atoms with Crippen molar-refractivity contribution in [2.75, 3.05) is 18.5 Å². The molecule has 0 atom stereocenters. The van der Waals surface area contributed by atoms with E-state index in [-0.39, 0.29) is 18.4 Å². The number of carbonyl (C=O) groups excluding carboxylic acids is 2. The second-order valence-corrected chi connectivity index (χ2v) is 6.71. The lowest BCUT2D eigenvalue weighted by Gasteiger charge is -2.06. The molecule has 0 saturated carbocycles. The first kappa shape index (κ1) is 17.9. The summed E-state index contributed by atoms with van der Waals surface area (Å²) in [6.07, 6.45) is 0. The molecule has 0 aliphatic carbocycles. The Morgan fingerprint density at radius 1 is 1.15 bits per heavy atom. The van der Waals surface area contributed by atoms with E-state index in [9.17, 15) is 9.59 Å². The van der Waals surface area contributed by atoms with E-state index in [0.717, 1.165) is 15.8 Å². The fraction of sp³-hybridized carbons (Fsp3) is 0.211. The number of ether oxygens (including phenoxy) is 1. The van der Waals surface area contributed by atoms with Crippen molar-refractivity contribution in [2.45, 2.75) is 13.8 Å². The van der Waals surface area contributed by atoms with E-state index in [1.807, 2.05) is 32.0 Å². The lowest BCUT2D eigenvalue weighted by Crippen LogP contribution is -2.32. The van der Waals surface area contributed by atoms with Crippen LogP contribution in [0, 0.1) is 6.92 Å². The number of nitrogens with one attached hydrogen (secondary N) is 2. The Morgan fingerprint density at radius 3 is 2.65 bits per heavy atom. The first-order valence-electron chi connectivity index (χ1n) is 8.23. The Bertz CT molecular complexity index is 935. The quantitative estimate of drug-likeness (QED) is 0.698. The predicted octanol–water partition coefficient (Wildman–Crippen LogP) is 3.37. The van der Waals surface area contributed by atoms with Crippen molar-refractivity contribution in [2.24, 2.45) is 0 Å². The number of carbonyl (C=O) groups is 2. The van der Waals surface area contributed by atoms with E-state index in [2.05, 4.69) is 15.6 Å². The lowest BCUT2D eigenvalue weighted by atomic mass is 10.2. The van der Waals surface area contributed by atoms with E-state index < -0.39 is 0 Å².